The average Bonchev–Trinajstić information content (AvgIpc) is 2.46. The summed E-state index contributed by atoms with van der Waals surface area (Å²) in [5.41, 5.74) is 7.95. The molecule has 5 nitrogen and oxygen atoms in total. The summed E-state index contributed by atoms with van der Waals surface area (Å²) < 4.78 is 0. The van der Waals surface area contributed by atoms with Gasteiger partial charge in [-0.1, -0.05) is 20.8 Å². The molecule has 0 aliphatic carbocycles. The number of nitrogens with one attached hydrogen (secondary N) is 2. The minimum Gasteiger partial charge on any atom is -0.322 e. The molecule has 4 N–H and O–H groups in total. The summed E-state index contributed by atoms with van der Waals surface area (Å²) >= 11 is 0. The van der Waals surface area contributed by atoms with Crippen LogP contribution in [0.15, 0.2) is 0 Å². The maximum atomic E-state index is 11.9. The molecule has 0 saturated heterocycles. The third kappa shape index (κ3) is 2.61. The lowest BCUT2D eigenvalue weighted by Crippen LogP contribution is -2.45. The van der Waals surface area contributed by atoms with Crippen molar-refractivity contribution in [3.8, 4) is 0 Å². The quantitative estimate of drug-likeness (QED) is 0.708. The standard InChI is InChI=1S/C11H20N4O/c1-6-8(7(2)15-14-6)13-10(16)9(12)11(3,4)5/h9H,12H2,1-5H3,(H,13,16)(H,14,15)/t9-/m1/s1. The van der Waals surface area contributed by atoms with Gasteiger partial charge in [-0.15, -0.1) is 0 Å². The van der Waals surface area contributed by atoms with Crippen molar-refractivity contribution >= 4 is 11.6 Å². The third-order valence-corrected chi connectivity index (χ3v) is 2.59. The van der Waals surface area contributed by atoms with Crippen molar-refractivity contribution < 1.29 is 4.79 Å². The number of aromatic amines is 1. The molecule has 0 unspecified atom stereocenters. The molecule has 1 amide bonds. The van der Waals surface area contributed by atoms with Crippen molar-refractivity contribution in [2.45, 2.75) is 40.7 Å². The Morgan fingerprint density at radius 2 is 2.00 bits per heavy atom. The lowest BCUT2D eigenvalue weighted by Gasteiger charge is -2.25. The fourth-order valence-electron chi connectivity index (χ4n) is 1.33. The molecule has 1 rings (SSSR count). The minimum absolute atomic E-state index is 0.180. The monoisotopic (exact) mass is 224 g/mol. The number of aryl methyl sites for hydroxylation is 2. The van der Waals surface area contributed by atoms with E-state index in [0.717, 1.165) is 17.1 Å². The van der Waals surface area contributed by atoms with Crippen molar-refractivity contribution in [3.63, 3.8) is 0 Å². The van der Waals surface area contributed by atoms with E-state index >= 15 is 0 Å². The molecule has 5 heteroatoms. The summed E-state index contributed by atoms with van der Waals surface area (Å²) in [5, 5.41) is 9.63. The molecular weight excluding hydrogens is 204 g/mol. The Morgan fingerprint density at radius 3 is 2.38 bits per heavy atom. The van der Waals surface area contributed by atoms with Gasteiger partial charge in [-0.3, -0.25) is 9.89 Å². The van der Waals surface area contributed by atoms with Crippen molar-refractivity contribution in [2.75, 3.05) is 5.32 Å². The molecule has 0 fully saturated rings. The Hall–Kier alpha value is -1.36. The summed E-state index contributed by atoms with van der Waals surface area (Å²) in [5.74, 6) is -0.180. The lowest BCUT2D eigenvalue weighted by molar-refractivity contribution is -0.119. The topological polar surface area (TPSA) is 83.8 Å². The largest absolute Gasteiger partial charge is 0.322 e. The molecule has 1 aromatic rings. The molecule has 0 spiro atoms. The number of nitrogens with two attached hydrogens (primary N) is 1. The van der Waals surface area contributed by atoms with Gasteiger partial charge in [-0.05, 0) is 19.3 Å². The van der Waals surface area contributed by atoms with E-state index in [9.17, 15) is 4.79 Å². The number of hydrogen-bond acceptors (Lipinski definition) is 3. The SMILES string of the molecule is Cc1n[nH]c(C)c1NC(=O)[C@@H](N)C(C)(C)C. The summed E-state index contributed by atoms with van der Waals surface area (Å²) in [6, 6.07) is -0.541. The van der Waals surface area contributed by atoms with Crippen LogP contribution in [0, 0.1) is 19.3 Å². The number of carbonyl (C=O) groups excluding carboxylic acids is 1. The Bertz CT molecular complexity index is 370. The zero-order valence-corrected chi connectivity index (χ0v) is 10.5. The van der Waals surface area contributed by atoms with Gasteiger partial charge in [0.15, 0.2) is 0 Å². The average molecular weight is 224 g/mol. The number of rotatable bonds is 2. The third-order valence-electron chi connectivity index (χ3n) is 2.59. The highest BCUT2D eigenvalue weighted by molar-refractivity contribution is 5.96. The van der Waals surface area contributed by atoms with Crippen LogP contribution in [0.5, 0.6) is 0 Å². The van der Waals surface area contributed by atoms with Crippen molar-refractivity contribution in [2.24, 2.45) is 11.1 Å². The lowest BCUT2D eigenvalue weighted by atomic mass is 9.87. The van der Waals surface area contributed by atoms with Gasteiger partial charge in [0.05, 0.1) is 23.1 Å². The first-order valence-electron chi connectivity index (χ1n) is 5.31. The number of aromatic nitrogens is 2. The van der Waals surface area contributed by atoms with E-state index in [1.54, 1.807) is 0 Å². The van der Waals surface area contributed by atoms with E-state index in [0.29, 0.717) is 0 Å². The molecule has 1 heterocycles. The van der Waals surface area contributed by atoms with Crippen molar-refractivity contribution in [1.29, 1.82) is 0 Å². The predicted molar refractivity (Wildman–Crippen MR) is 64.1 cm³/mol. The van der Waals surface area contributed by atoms with Gasteiger partial charge in [-0.25, -0.2) is 0 Å². The van der Waals surface area contributed by atoms with Gasteiger partial charge < -0.3 is 11.1 Å². The van der Waals surface area contributed by atoms with Gasteiger partial charge in [-0.2, -0.15) is 5.10 Å². The Kier molecular flexibility index (Phi) is 3.38. The van der Waals surface area contributed by atoms with Crippen LogP contribution < -0.4 is 11.1 Å². The molecule has 1 atom stereocenters. The molecule has 90 valence electrons. The number of anilines is 1. The summed E-state index contributed by atoms with van der Waals surface area (Å²) in [6.45, 7) is 9.50. The predicted octanol–water partition coefficient (Wildman–Crippen LogP) is 1.34. The highest BCUT2D eigenvalue weighted by Gasteiger charge is 2.28. The first-order valence-corrected chi connectivity index (χ1v) is 5.31. The number of hydrogen-bond donors (Lipinski definition) is 3. The van der Waals surface area contributed by atoms with E-state index in [-0.39, 0.29) is 11.3 Å². The molecule has 0 radical (unpaired) electrons. The molecule has 0 saturated carbocycles. The van der Waals surface area contributed by atoms with Crippen LogP contribution in [0.25, 0.3) is 0 Å². The molecular formula is C11H20N4O. The second-order valence-electron chi connectivity index (χ2n) is 5.14. The van der Waals surface area contributed by atoms with Gasteiger partial charge in [0.25, 0.3) is 0 Å². The van der Waals surface area contributed by atoms with Crippen LogP contribution in [-0.4, -0.2) is 22.1 Å². The Labute approximate surface area is 95.8 Å². The summed E-state index contributed by atoms with van der Waals surface area (Å²) in [7, 11) is 0. The zero-order chi connectivity index (χ0) is 12.5. The van der Waals surface area contributed by atoms with Crippen LogP contribution in [0.2, 0.25) is 0 Å². The normalized spacial score (nSPS) is 13.6. The fraction of sp³-hybridized carbons (Fsp3) is 0.636. The van der Waals surface area contributed by atoms with Crippen LogP contribution in [-0.2, 0) is 4.79 Å². The van der Waals surface area contributed by atoms with Gasteiger partial charge in [0.2, 0.25) is 5.91 Å². The fourth-order valence-corrected chi connectivity index (χ4v) is 1.33. The second-order valence-corrected chi connectivity index (χ2v) is 5.14. The van der Waals surface area contributed by atoms with Crippen molar-refractivity contribution in [3.05, 3.63) is 11.4 Å². The Morgan fingerprint density at radius 1 is 1.44 bits per heavy atom. The van der Waals surface area contributed by atoms with E-state index in [4.69, 9.17) is 5.73 Å². The highest BCUT2D eigenvalue weighted by Crippen LogP contribution is 2.21. The van der Waals surface area contributed by atoms with E-state index < -0.39 is 6.04 Å². The molecule has 0 aliphatic heterocycles. The van der Waals surface area contributed by atoms with Gasteiger partial charge >= 0.3 is 0 Å². The number of carbonyl (C=O) groups is 1. The molecule has 0 aromatic carbocycles. The molecule has 0 bridgehead atoms. The van der Waals surface area contributed by atoms with Crippen LogP contribution in [0.4, 0.5) is 5.69 Å². The van der Waals surface area contributed by atoms with E-state index in [1.165, 1.54) is 0 Å². The van der Waals surface area contributed by atoms with Crippen LogP contribution in [0.3, 0.4) is 0 Å². The maximum absolute atomic E-state index is 11.9. The number of amides is 1. The maximum Gasteiger partial charge on any atom is 0.241 e. The zero-order valence-electron chi connectivity index (χ0n) is 10.5. The molecule has 1 aromatic heterocycles. The number of nitrogens with zero attached hydrogens (tertiary/aromatic N) is 1. The summed E-state index contributed by atoms with van der Waals surface area (Å²) in [4.78, 5) is 11.9. The smallest absolute Gasteiger partial charge is 0.241 e. The molecule has 0 aliphatic rings. The van der Waals surface area contributed by atoms with E-state index in [1.807, 2.05) is 34.6 Å². The van der Waals surface area contributed by atoms with Crippen LogP contribution >= 0.6 is 0 Å². The van der Waals surface area contributed by atoms with E-state index in [2.05, 4.69) is 15.5 Å². The summed E-state index contributed by atoms with van der Waals surface area (Å²) in [6.07, 6.45) is 0. The van der Waals surface area contributed by atoms with Crippen molar-refractivity contribution in [1.82, 2.24) is 10.2 Å². The van der Waals surface area contributed by atoms with Crippen LogP contribution in [0.1, 0.15) is 32.2 Å². The minimum atomic E-state index is -0.541. The van der Waals surface area contributed by atoms with Gasteiger partial charge in [0, 0.05) is 0 Å². The first-order chi connectivity index (χ1) is 7.23. The first kappa shape index (κ1) is 12.7. The highest BCUT2D eigenvalue weighted by atomic mass is 16.2. The Balaban J connectivity index is 2.80. The van der Waals surface area contributed by atoms with Gasteiger partial charge in [0.1, 0.15) is 0 Å². The second kappa shape index (κ2) is 4.25. The molecule has 16 heavy (non-hydrogen) atoms. The number of H-pyrrole nitrogens is 1.